The largest absolute Gasteiger partial charge is 0.381 e. The smallest absolute Gasteiger partial charge is 0.270 e. The van der Waals surface area contributed by atoms with Crippen LogP contribution < -0.4 is 5.32 Å². The number of carbonyl (C=O) groups excluding carboxylic acids is 1. The van der Waals surface area contributed by atoms with Crippen LogP contribution in [0.25, 0.3) is 6.08 Å². The van der Waals surface area contributed by atoms with Crippen molar-refractivity contribution in [3.05, 3.63) is 38.1 Å². The predicted molar refractivity (Wildman–Crippen MR) is 116 cm³/mol. The molecule has 1 atom stereocenters. The van der Waals surface area contributed by atoms with Gasteiger partial charge in [-0.1, -0.05) is 27.3 Å². The van der Waals surface area contributed by atoms with Crippen LogP contribution in [0.3, 0.4) is 0 Å². The van der Waals surface area contributed by atoms with E-state index in [1.807, 2.05) is 30.9 Å². The van der Waals surface area contributed by atoms with Gasteiger partial charge in [-0.05, 0) is 42.5 Å². The van der Waals surface area contributed by atoms with Crippen LogP contribution in [0.5, 0.6) is 0 Å². The van der Waals surface area contributed by atoms with Gasteiger partial charge in [0.15, 0.2) is 5.13 Å². The molecule has 4 heterocycles. The number of nitrogens with zero attached hydrogens (tertiary/aromatic N) is 2. The van der Waals surface area contributed by atoms with Gasteiger partial charge < -0.3 is 19.9 Å². The monoisotopic (exact) mass is 464 g/mol. The number of amides is 1. The Hall–Kier alpha value is -1.64. The summed E-state index contributed by atoms with van der Waals surface area (Å²) in [7, 11) is 0. The first-order chi connectivity index (χ1) is 13.5. The lowest BCUT2D eigenvalue weighted by molar-refractivity contribution is 0.0731. The number of hydrogen-bond donors (Lipinski definition) is 2. The Balaban J connectivity index is 1.42. The van der Waals surface area contributed by atoms with Gasteiger partial charge in [-0.3, -0.25) is 4.79 Å². The van der Waals surface area contributed by atoms with Crippen molar-refractivity contribution in [2.75, 3.05) is 31.6 Å². The molecule has 8 heteroatoms. The minimum absolute atomic E-state index is 0.0478. The van der Waals surface area contributed by atoms with Gasteiger partial charge in [-0.25, -0.2) is 4.98 Å². The van der Waals surface area contributed by atoms with Crippen LogP contribution in [0.2, 0.25) is 0 Å². The van der Waals surface area contributed by atoms with Gasteiger partial charge >= 0.3 is 0 Å². The molecule has 1 unspecified atom stereocenters. The van der Waals surface area contributed by atoms with Crippen LogP contribution >= 0.6 is 27.3 Å². The van der Waals surface area contributed by atoms with Crippen molar-refractivity contribution >= 4 is 44.4 Å². The van der Waals surface area contributed by atoms with E-state index in [0.29, 0.717) is 24.7 Å². The first kappa shape index (κ1) is 19.7. The van der Waals surface area contributed by atoms with Crippen molar-refractivity contribution in [2.24, 2.45) is 5.92 Å². The number of hydrogen-bond acceptors (Lipinski definition) is 5. The van der Waals surface area contributed by atoms with Crippen LogP contribution in [0.1, 0.15) is 45.7 Å². The summed E-state index contributed by atoms with van der Waals surface area (Å²) >= 11 is 5.12. The number of allylic oxidation sites excluding steroid dienone is 1. The summed E-state index contributed by atoms with van der Waals surface area (Å²) in [6.07, 6.45) is 3.91. The molecule has 2 aromatic rings. The maximum atomic E-state index is 13.0. The number of rotatable bonds is 5. The van der Waals surface area contributed by atoms with E-state index in [0.717, 1.165) is 59.2 Å². The lowest BCUT2D eigenvalue weighted by Crippen LogP contribution is -2.35. The molecule has 2 N–H and O–H groups in total. The summed E-state index contributed by atoms with van der Waals surface area (Å²) in [4.78, 5) is 24.1. The lowest BCUT2D eigenvalue weighted by atomic mass is 10.1. The van der Waals surface area contributed by atoms with Crippen LogP contribution in [0, 0.1) is 12.8 Å². The zero-order valence-electron chi connectivity index (χ0n) is 16.2. The third-order valence-corrected chi connectivity index (χ3v) is 6.48. The molecule has 28 heavy (non-hydrogen) atoms. The maximum absolute atomic E-state index is 13.0. The second kappa shape index (κ2) is 8.39. The Bertz CT molecular complexity index is 894. The molecule has 0 radical (unpaired) electrons. The average molecular weight is 465 g/mol. The number of aromatic nitrogens is 2. The highest BCUT2D eigenvalue weighted by molar-refractivity contribution is 9.11. The van der Waals surface area contributed by atoms with Crippen molar-refractivity contribution in [3.63, 3.8) is 0 Å². The number of fused-ring (bicyclic) bond motifs is 1. The van der Waals surface area contributed by atoms with Gasteiger partial charge in [0.05, 0.1) is 18.8 Å². The molecular weight excluding hydrogens is 440 g/mol. The minimum atomic E-state index is 0.0478. The first-order valence-corrected chi connectivity index (χ1v) is 11.2. The van der Waals surface area contributed by atoms with E-state index in [1.54, 1.807) is 11.3 Å². The molecule has 0 saturated carbocycles. The molecule has 6 nitrogen and oxygen atoms in total. The van der Waals surface area contributed by atoms with Crippen LogP contribution in [0.15, 0.2) is 10.5 Å². The summed E-state index contributed by atoms with van der Waals surface area (Å²) in [6.45, 7) is 7.92. The Morgan fingerprint density at radius 2 is 2.43 bits per heavy atom. The van der Waals surface area contributed by atoms with Gasteiger partial charge in [-0.2, -0.15) is 0 Å². The molecule has 4 rings (SSSR count). The van der Waals surface area contributed by atoms with Gasteiger partial charge in [0, 0.05) is 42.6 Å². The Morgan fingerprint density at radius 3 is 3.18 bits per heavy atom. The molecule has 2 aliphatic heterocycles. The highest BCUT2D eigenvalue weighted by Crippen LogP contribution is 2.29. The number of nitrogens with one attached hydrogen (secondary N) is 2. The van der Waals surface area contributed by atoms with E-state index < -0.39 is 0 Å². The summed E-state index contributed by atoms with van der Waals surface area (Å²) in [5, 5.41) is 4.42. The van der Waals surface area contributed by atoms with Crippen molar-refractivity contribution in [2.45, 2.75) is 33.2 Å². The van der Waals surface area contributed by atoms with E-state index in [2.05, 4.69) is 26.2 Å². The molecule has 0 aromatic carbocycles. The molecule has 2 aliphatic rings. The number of anilines is 1. The number of carbonyl (C=O) groups is 1. The average Bonchev–Trinajstić information content (AvgIpc) is 3.38. The normalized spacial score (nSPS) is 19.8. The molecule has 0 aliphatic carbocycles. The zero-order valence-corrected chi connectivity index (χ0v) is 18.6. The third-order valence-electron chi connectivity index (χ3n) is 5.21. The molecule has 1 saturated heterocycles. The minimum Gasteiger partial charge on any atom is -0.381 e. The molecule has 1 fully saturated rings. The highest BCUT2D eigenvalue weighted by atomic mass is 79.9. The first-order valence-electron chi connectivity index (χ1n) is 9.62. The second-order valence-electron chi connectivity index (χ2n) is 7.49. The number of thiazole rings is 1. The quantitative estimate of drug-likeness (QED) is 0.695. The fourth-order valence-corrected chi connectivity index (χ4v) is 4.89. The number of aryl methyl sites for hydroxylation is 1. The van der Waals surface area contributed by atoms with Crippen molar-refractivity contribution in [3.8, 4) is 0 Å². The van der Waals surface area contributed by atoms with Gasteiger partial charge in [0.2, 0.25) is 0 Å². The third kappa shape index (κ3) is 4.34. The van der Waals surface area contributed by atoms with Gasteiger partial charge in [0.25, 0.3) is 5.91 Å². The topological polar surface area (TPSA) is 70.2 Å². The Labute approximate surface area is 177 Å². The molecule has 1 amide bonds. The highest BCUT2D eigenvalue weighted by Gasteiger charge is 2.26. The summed E-state index contributed by atoms with van der Waals surface area (Å²) in [6, 6.07) is 1.93. The Morgan fingerprint density at radius 1 is 1.57 bits per heavy atom. The van der Waals surface area contributed by atoms with Crippen molar-refractivity contribution < 1.29 is 9.53 Å². The van der Waals surface area contributed by atoms with E-state index >= 15 is 0 Å². The standard InChI is InChI=1S/C20H25BrN4O2S/c1-12-7-17(23-16(12)8-13(2)21)19(26)25-5-3-15-18(10-25)28-20(24-15)22-9-14-4-6-27-11-14/h7-8,14,23H,3-6,9-11H2,1-2H3,(H,22,24)/b13-8+. The molecule has 2 aromatic heterocycles. The number of aromatic amines is 1. The fourth-order valence-electron chi connectivity index (χ4n) is 3.63. The second-order valence-corrected chi connectivity index (χ2v) is 9.82. The van der Waals surface area contributed by atoms with Crippen molar-refractivity contribution in [1.29, 1.82) is 0 Å². The van der Waals surface area contributed by atoms with Crippen molar-refractivity contribution in [1.82, 2.24) is 14.9 Å². The number of halogens is 1. The van der Waals surface area contributed by atoms with Gasteiger partial charge in [-0.15, -0.1) is 0 Å². The van der Waals surface area contributed by atoms with E-state index in [1.165, 1.54) is 4.88 Å². The van der Waals surface area contributed by atoms with E-state index in [4.69, 9.17) is 9.72 Å². The van der Waals surface area contributed by atoms with E-state index in [-0.39, 0.29) is 5.91 Å². The number of H-pyrrole nitrogens is 1. The lowest BCUT2D eigenvalue weighted by Gasteiger charge is -2.25. The zero-order chi connectivity index (χ0) is 19.7. The van der Waals surface area contributed by atoms with Crippen LogP contribution in [0.4, 0.5) is 5.13 Å². The van der Waals surface area contributed by atoms with Crippen LogP contribution in [-0.2, 0) is 17.7 Å². The SMILES string of the molecule is C/C(Br)=C\c1[nH]c(C(=O)N2CCc3nc(NCC4CCOC4)sc3C2)cc1C. The van der Waals surface area contributed by atoms with E-state index in [9.17, 15) is 4.79 Å². The molecular formula is C20H25BrN4O2S. The maximum Gasteiger partial charge on any atom is 0.270 e. The molecule has 150 valence electrons. The predicted octanol–water partition coefficient (Wildman–Crippen LogP) is 4.18. The molecule has 0 bridgehead atoms. The van der Waals surface area contributed by atoms with Crippen LogP contribution in [-0.4, -0.2) is 47.1 Å². The molecule has 0 spiro atoms. The summed E-state index contributed by atoms with van der Waals surface area (Å²) < 4.78 is 6.45. The fraction of sp³-hybridized carbons (Fsp3) is 0.500. The Kier molecular flexibility index (Phi) is 5.89. The summed E-state index contributed by atoms with van der Waals surface area (Å²) in [5.41, 5.74) is 3.81. The van der Waals surface area contributed by atoms with Gasteiger partial charge in [0.1, 0.15) is 5.69 Å². The summed E-state index contributed by atoms with van der Waals surface area (Å²) in [5.74, 6) is 0.619. The number of ether oxygens (including phenoxy) is 1.